The molecule has 0 saturated heterocycles. The van der Waals surface area contributed by atoms with Crippen LogP contribution in [0.25, 0.3) is 10.9 Å². The van der Waals surface area contributed by atoms with Crippen molar-refractivity contribution in [3.05, 3.63) is 72.4 Å². The van der Waals surface area contributed by atoms with Gasteiger partial charge < -0.3 is 10.4 Å². The number of pyridine rings is 1. The van der Waals surface area contributed by atoms with Crippen LogP contribution in [0.2, 0.25) is 0 Å². The number of hydrogen-bond acceptors (Lipinski definition) is 3. The topological polar surface area (TPSA) is 45.1 Å². The minimum Gasteiger partial charge on any atom is -0.381 e. The van der Waals surface area contributed by atoms with E-state index in [1.807, 2.05) is 6.07 Å². The third-order valence-electron chi connectivity index (χ3n) is 5.03. The molecule has 3 nitrogen and oxygen atoms in total. The number of alkyl halides is 3. The Balaban J connectivity index is 1.88. The Morgan fingerprint density at radius 1 is 0.929 bits per heavy atom. The first kappa shape index (κ1) is 20.1. The summed E-state index contributed by atoms with van der Waals surface area (Å²) in [4.78, 5) is 4.21. The molecule has 2 aromatic carbocycles. The van der Waals surface area contributed by atoms with Gasteiger partial charge in [0.05, 0.1) is 12.1 Å². The van der Waals surface area contributed by atoms with Gasteiger partial charge in [0.2, 0.25) is 0 Å². The minimum atomic E-state index is -4.78. The van der Waals surface area contributed by atoms with Crippen LogP contribution in [0.1, 0.15) is 25.8 Å². The van der Waals surface area contributed by atoms with E-state index in [-0.39, 0.29) is 0 Å². The third-order valence-corrected chi connectivity index (χ3v) is 5.03. The van der Waals surface area contributed by atoms with E-state index < -0.39 is 30.2 Å². The van der Waals surface area contributed by atoms with Crippen molar-refractivity contribution < 1.29 is 18.3 Å². The zero-order chi connectivity index (χ0) is 20.4. The van der Waals surface area contributed by atoms with Gasteiger partial charge in [-0.15, -0.1) is 0 Å². The molecule has 28 heavy (non-hydrogen) atoms. The fourth-order valence-electron chi connectivity index (χ4n) is 3.48. The summed E-state index contributed by atoms with van der Waals surface area (Å²) in [6.45, 7) is 2.77. The van der Waals surface area contributed by atoms with E-state index in [0.29, 0.717) is 16.6 Å². The highest BCUT2D eigenvalue weighted by molar-refractivity contribution is 5.91. The number of benzene rings is 2. The monoisotopic (exact) mass is 388 g/mol. The van der Waals surface area contributed by atoms with Crippen LogP contribution in [0.4, 0.5) is 18.9 Å². The lowest BCUT2D eigenvalue weighted by molar-refractivity contribution is -0.260. The Bertz CT molecular complexity index is 936. The fourth-order valence-corrected chi connectivity index (χ4v) is 3.48. The van der Waals surface area contributed by atoms with Crippen LogP contribution in [0.3, 0.4) is 0 Å². The van der Waals surface area contributed by atoms with Gasteiger partial charge in [0.25, 0.3) is 0 Å². The molecular formula is C22H23F3N2O. The molecule has 0 spiro atoms. The molecule has 0 aliphatic rings. The van der Waals surface area contributed by atoms with Gasteiger partial charge in [-0.1, -0.05) is 50.2 Å². The average molecular weight is 388 g/mol. The number of nitrogens with one attached hydrogen (secondary N) is 1. The summed E-state index contributed by atoms with van der Waals surface area (Å²) in [6, 6.07) is 17.6. The second-order valence-electron chi connectivity index (χ2n) is 7.69. The summed E-state index contributed by atoms with van der Waals surface area (Å²) in [5.41, 5.74) is -1.84. The zero-order valence-electron chi connectivity index (χ0n) is 15.8. The molecule has 0 fully saturated rings. The summed E-state index contributed by atoms with van der Waals surface area (Å²) in [6.07, 6.45) is -3.63. The van der Waals surface area contributed by atoms with E-state index in [1.54, 1.807) is 74.6 Å². The first-order valence-corrected chi connectivity index (χ1v) is 9.05. The van der Waals surface area contributed by atoms with E-state index in [1.165, 1.54) is 0 Å². The smallest absolute Gasteiger partial charge is 0.381 e. The molecule has 0 amide bonds. The molecular weight excluding hydrogens is 365 g/mol. The molecule has 1 heterocycles. The molecule has 3 aromatic rings. The summed E-state index contributed by atoms with van der Waals surface area (Å²) in [7, 11) is 0. The van der Waals surface area contributed by atoms with Crippen LogP contribution in [0.5, 0.6) is 0 Å². The van der Waals surface area contributed by atoms with Crippen LogP contribution >= 0.6 is 0 Å². The van der Waals surface area contributed by atoms with Crippen molar-refractivity contribution in [2.24, 2.45) is 0 Å². The molecule has 0 radical (unpaired) electrons. The van der Waals surface area contributed by atoms with E-state index in [0.717, 1.165) is 5.56 Å². The van der Waals surface area contributed by atoms with E-state index >= 15 is 0 Å². The van der Waals surface area contributed by atoms with Crippen LogP contribution in [0.15, 0.2) is 66.9 Å². The van der Waals surface area contributed by atoms with Gasteiger partial charge in [-0.3, -0.25) is 4.98 Å². The Hall–Kier alpha value is -2.60. The highest BCUT2D eigenvalue weighted by atomic mass is 19.4. The Morgan fingerprint density at radius 2 is 1.64 bits per heavy atom. The van der Waals surface area contributed by atoms with Crippen molar-refractivity contribution >= 4 is 16.6 Å². The van der Waals surface area contributed by atoms with E-state index in [9.17, 15) is 18.3 Å². The number of aromatic nitrogens is 1. The maximum Gasteiger partial charge on any atom is 0.418 e. The number of hydrogen-bond donors (Lipinski definition) is 2. The number of halogens is 3. The second kappa shape index (κ2) is 7.43. The first-order valence-electron chi connectivity index (χ1n) is 9.05. The molecule has 1 aromatic heterocycles. The normalized spacial score (nSPS) is 14.6. The molecule has 148 valence electrons. The first-order chi connectivity index (χ1) is 13.1. The lowest BCUT2D eigenvalue weighted by Crippen LogP contribution is -2.53. The number of aliphatic hydroxyl groups is 1. The van der Waals surface area contributed by atoms with Crippen molar-refractivity contribution in [1.29, 1.82) is 0 Å². The second-order valence-corrected chi connectivity index (χ2v) is 7.69. The summed E-state index contributed by atoms with van der Waals surface area (Å²) >= 11 is 0. The maximum absolute atomic E-state index is 13.9. The van der Waals surface area contributed by atoms with Crippen molar-refractivity contribution in [3.63, 3.8) is 0 Å². The largest absolute Gasteiger partial charge is 0.418 e. The molecule has 0 saturated carbocycles. The molecule has 3 rings (SSSR count). The fraction of sp³-hybridized carbons (Fsp3) is 0.318. The molecule has 2 N–H and O–H groups in total. The van der Waals surface area contributed by atoms with Gasteiger partial charge >= 0.3 is 6.18 Å². The Kier molecular flexibility index (Phi) is 5.35. The highest BCUT2D eigenvalue weighted by Crippen LogP contribution is 2.41. The predicted octanol–water partition coefficient (Wildman–Crippen LogP) is 5.31. The quantitative estimate of drug-likeness (QED) is 0.602. The summed E-state index contributed by atoms with van der Waals surface area (Å²) in [5, 5.41) is 14.2. The molecule has 1 atom stereocenters. The van der Waals surface area contributed by atoms with Crippen LogP contribution in [0, 0.1) is 0 Å². The molecule has 0 bridgehead atoms. The van der Waals surface area contributed by atoms with Crippen molar-refractivity contribution in [2.45, 2.75) is 37.5 Å². The average Bonchev–Trinajstić information content (AvgIpc) is 2.66. The van der Waals surface area contributed by atoms with Crippen molar-refractivity contribution in [2.75, 3.05) is 11.9 Å². The van der Waals surface area contributed by atoms with Crippen LogP contribution in [-0.2, 0) is 5.41 Å². The van der Waals surface area contributed by atoms with Gasteiger partial charge in [0.15, 0.2) is 5.60 Å². The van der Waals surface area contributed by atoms with Gasteiger partial charge in [-0.25, -0.2) is 0 Å². The molecule has 0 aliphatic heterocycles. The van der Waals surface area contributed by atoms with E-state index in [4.69, 9.17) is 0 Å². The number of nitrogens with zero attached hydrogens (tertiary/aromatic N) is 1. The molecule has 1 unspecified atom stereocenters. The molecule has 0 aliphatic carbocycles. The maximum atomic E-state index is 13.9. The van der Waals surface area contributed by atoms with Gasteiger partial charge in [0, 0.05) is 17.3 Å². The lowest BCUT2D eigenvalue weighted by atomic mass is 9.75. The predicted molar refractivity (Wildman–Crippen MR) is 105 cm³/mol. The van der Waals surface area contributed by atoms with Crippen molar-refractivity contribution in [3.8, 4) is 0 Å². The number of anilines is 1. The number of fused-ring (bicyclic) bond motifs is 1. The summed E-state index contributed by atoms with van der Waals surface area (Å²) < 4.78 is 41.6. The highest BCUT2D eigenvalue weighted by Gasteiger charge is 2.55. The van der Waals surface area contributed by atoms with Crippen LogP contribution in [-0.4, -0.2) is 28.4 Å². The van der Waals surface area contributed by atoms with E-state index in [2.05, 4.69) is 10.3 Å². The SMILES string of the molecule is CC(C)(CC(O)(CNc1cccc2ncccc12)C(F)(F)F)c1ccccc1. The minimum absolute atomic E-state index is 0.469. The van der Waals surface area contributed by atoms with Crippen molar-refractivity contribution in [1.82, 2.24) is 4.98 Å². The van der Waals surface area contributed by atoms with Gasteiger partial charge in [-0.2, -0.15) is 13.2 Å². The third kappa shape index (κ3) is 4.12. The van der Waals surface area contributed by atoms with Crippen LogP contribution < -0.4 is 5.32 Å². The van der Waals surface area contributed by atoms with Gasteiger partial charge in [-0.05, 0) is 41.7 Å². The summed E-state index contributed by atoms with van der Waals surface area (Å²) in [5.74, 6) is 0. The Morgan fingerprint density at radius 3 is 2.32 bits per heavy atom. The number of rotatable bonds is 6. The zero-order valence-corrected chi connectivity index (χ0v) is 15.8. The Labute approximate surface area is 162 Å². The van der Waals surface area contributed by atoms with Gasteiger partial charge in [0.1, 0.15) is 0 Å². The lowest BCUT2D eigenvalue weighted by Gasteiger charge is -2.38. The standard InChI is InChI=1S/C22H23F3N2O/c1-20(2,16-8-4-3-5-9-16)14-21(28,22(23,24)25)15-27-19-12-6-11-18-17(19)10-7-13-26-18/h3-13,27-28H,14-15H2,1-2H3. The molecule has 6 heteroatoms.